The number of nitrogens with one attached hydrogen (secondary N) is 1. The summed E-state index contributed by atoms with van der Waals surface area (Å²) in [5, 5.41) is 14.0. The molecule has 0 bridgehead atoms. The number of hydrogen-bond donors (Lipinski definition) is 1. The lowest BCUT2D eigenvalue weighted by Gasteiger charge is -2.09. The lowest BCUT2D eigenvalue weighted by Crippen LogP contribution is -2.13. The van der Waals surface area contributed by atoms with E-state index in [1.54, 1.807) is 36.4 Å². The number of hydrogen-bond acceptors (Lipinski definition) is 6. The van der Waals surface area contributed by atoms with Gasteiger partial charge in [0.05, 0.1) is 16.3 Å². The van der Waals surface area contributed by atoms with Gasteiger partial charge in [-0.05, 0) is 40.8 Å². The average Bonchev–Trinajstić information content (AvgIpc) is 3.26. The van der Waals surface area contributed by atoms with Gasteiger partial charge in [0.25, 0.3) is 5.91 Å². The van der Waals surface area contributed by atoms with Crippen LogP contribution in [0.3, 0.4) is 0 Å². The number of benzene rings is 2. The van der Waals surface area contributed by atoms with E-state index in [-0.39, 0.29) is 12.7 Å². The van der Waals surface area contributed by atoms with Gasteiger partial charge >= 0.3 is 0 Å². The Hall–Kier alpha value is -3.13. The maximum Gasteiger partial charge on any atom is 0.257 e. The number of tetrazole rings is 1. The molecule has 0 unspecified atom stereocenters. The second kappa shape index (κ2) is 5.82. The number of amides is 1. The molecule has 8 nitrogen and oxygen atoms in total. The highest BCUT2D eigenvalue weighted by Gasteiger charge is 2.16. The molecule has 4 rings (SSSR count). The van der Waals surface area contributed by atoms with Crippen LogP contribution in [0.25, 0.3) is 5.69 Å². The zero-order valence-electron chi connectivity index (χ0n) is 12.1. The van der Waals surface area contributed by atoms with Gasteiger partial charge in [-0.2, -0.15) is 0 Å². The molecule has 1 aliphatic heterocycles. The zero-order valence-corrected chi connectivity index (χ0v) is 12.9. The smallest absolute Gasteiger partial charge is 0.257 e. The van der Waals surface area contributed by atoms with E-state index in [4.69, 9.17) is 21.1 Å². The van der Waals surface area contributed by atoms with Crippen LogP contribution in [-0.4, -0.2) is 32.9 Å². The number of aromatic nitrogens is 4. The maximum atomic E-state index is 12.5. The highest BCUT2D eigenvalue weighted by atomic mass is 35.5. The van der Waals surface area contributed by atoms with Gasteiger partial charge in [0.1, 0.15) is 6.33 Å². The van der Waals surface area contributed by atoms with Crippen molar-refractivity contribution in [2.75, 3.05) is 12.1 Å². The molecule has 9 heteroatoms. The minimum Gasteiger partial charge on any atom is -0.454 e. The number of nitrogens with zero attached hydrogens (tertiary/aromatic N) is 4. The van der Waals surface area contributed by atoms with E-state index < -0.39 is 0 Å². The molecule has 0 saturated carbocycles. The fraction of sp³-hybridized carbons (Fsp3) is 0.0667. The Labute approximate surface area is 140 Å². The van der Waals surface area contributed by atoms with Crippen LogP contribution >= 0.6 is 11.6 Å². The molecular formula is C15H10ClN5O3. The van der Waals surface area contributed by atoms with Crippen molar-refractivity contribution in [1.82, 2.24) is 20.2 Å². The Morgan fingerprint density at radius 1 is 1.17 bits per heavy atom. The molecule has 3 aromatic rings. The molecule has 0 atom stereocenters. The van der Waals surface area contributed by atoms with Crippen LogP contribution in [0, 0.1) is 0 Å². The van der Waals surface area contributed by atoms with Crippen molar-refractivity contribution in [1.29, 1.82) is 0 Å². The van der Waals surface area contributed by atoms with E-state index in [1.165, 1.54) is 11.0 Å². The highest BCUT2D eigenvalue weighted by molar-refractivity contribution is 6.34. The van der Waals surface area contributed by atoms with Gasteiger partial charge in [-0.15, -0.1) is 5.10 Å². The Morgan fingerprint density at radius 2 is 2.04 bits per heavy atom. The molecule has 1 amide bonds. The standard InChI is InChI=1S/C15H10ClN5O3/c16-12-3-2-10(21-7-17-19-20-21)6-11(12)15(22)18-9-1-4-13-14(5-9)24-8-23-13/h1-7H,8H2,(H,18,22). The van der Waals surface area contributed by atoms with Crippen LogP contribution in [0.2, 0.25) is 5.02 Å². The largest absolute Gasteiger partial charge is 0.454 e. The van der Waals surface area contributed by atoms with Crippen molar-refractivity contribution in [3.63, 3.8) is 0 Å². The quantitative estimate of drug-likeness (QED) is 0.784. The lowest BCUT2D eigenvalue weighted by atomic mass is 10.1. The van der Waals surface area contributed by atoms with Gasteiger partial charge in [-0.1, -0.05) is 11.6 Å². The van der Waals surface area contributed by atoms with Crippen molar-refractivity contribution >= 4 is 23.2 Å². The number of halogens is 1. The molecular weight excluding hydrogens is 334 g/mol. The van der Waals surface area contributed by atoms with E-state index in [9.17, 15) is 4.79 Å². The number of anilines is 1. The van der Waals surface area contributed by atoms with Crippen molar-refractivity contribution in [2.24, 2.45) is 0 Å². The first-order chi connectivity index (χ1) is 11.7. The van der Waals surface area contributed by atoms with Gasteiger partial charge in [0, 0.05) is 11.8 Å². The summed E-state index contributed by atoms with van der Waals surface area (Å²) in [7, 11) is 0. The summed E-state index contributed by atoms with van der Waals surface area (Å²) in [5.41, 5.74) is 1.51. The normalized spacial score (nSPS) is 12.2. The number of ether oxygens (including phenoxy) is 2. The third kappa shape index (κ3) is 2.63. The molecule has 0 spiro atoms. The summed E-state index contributed by atoms with van der Waals surface area (Å²) in [6.45, 7) is 0.173. The van der Waals surface area contributed by atoms with E-state index in [2.05, 4.69) is 20.8 Å². The SMILES string of the molecule is O=C(Nc1ccc2c(c1)OCO2)c1cc(-n2cnnn2)ccc1Cl. The summed E-state index contributed by atoms with van der Waals surface area (Å²) in [4.78, 5) is 12.5. The summed E-state index contributed by atoms with van der Waals surface area (Å²) in [6, 6.07) is 10.1. The summed E-state index contributed by atoms with van der Waals surface area (Å²) < 4.78 is 12.0. The minimum absolute atomic E-state index is 0.173. The summed E-state index contributed by atoms with van der Waals surface area (Å²) in [6.07, 6.45) is 1.43. The maximum absolute atomic E-state index is 12.5. The fourth-order valence-electron chi connectivity index (χ4n) is 2.28. The molecule has 2 aromatic carbocycles. The Balaban J connectivity index is 1.61. The Kier molecular flexibility index (Phi) is 3.51. The molecule has 2 heterocycles. The van der Waals surface area contributed by atoms with Crippen LogP contribution < -0.4 is 14.8 Å². The first kappa shape index (κ1) is 14.5. The van der Waals surface area contributed by atoms with E-state index in [0.717, 1.165) is 0 Å². The van der Waals surface area contributed by atoms with E-state index in [1.807, 2.05) is 0 Å². The molecule has 0 aliphatic carbocycles. The van der Waals surface area contributed by atoms with Crippen LogP contribution in [0.4, 0.5) is 5.69 Å². The second-order valence-electron chi connectivity index (χ2n) is 4.94. The number of carbonyl (C=O) groups is 1. The van der Waals surface area contributed by atoms with E-state index in [0.29, 0.717) is 33.5 Å². The molecule has 0 radical (unpaired) electrons. The van der Waals surface area contributed by atoms with Gasteiger partial charge in [0.15, 0.2) is 11.5 Å². The molecule has 1 N–H and O–H groups in total. The molecule has 0 fully saturated rings. The third-order valence-corrected chi connectivity index (χ3v) is 3.77. The fourth-order valence-corrected chi connectivity index (χ4v) is 2.49. The van der Waals surface area contributed by atoms with Crippen molar-refractivity contribution < 1.29 is 14.3 Å². The lowest BCUT2D eigenvalue weighted by molar-refractivity contribution is 0.102. The van der Waals surface area contributed by atoms with Gasteiger partial charge in [-0.3, -0.25) is 4.79 Å². The first-order valence-corrected chi connectivity index (χ1v) is 7.32. The number of rotatable bonds is 3. The monoisotopic (exact) mass is 343 g/mol. The summed E-state index contributed by atoms with van der Waals surface area (Å²) in [5.74, 6) is 0.877. The van der Waals surface area contributed by atoms with E-state index >= 15 is 0 Å². The van der Waals surface area contributed by atoms with Gasteiger partial charge in [0.2, 0.25) is 6.79 Å². The molecule has 1 aromatic heterocycles. The minimum atomic E-state index is -0.353. The van der Waals surface area contributed by atoms with Crippen molar-refractivity contribution in [2.45, 2.75) is 0 Å². The molecule has 1 aliphatic rings. The predicted molar refractivity (Wildman–Crippen MR) is 84.7 cm³/mol. The molecule has 24 heavy (non-hydrogen) atoms. The topological polar surface area (TPSA) is 91.2 Å². The first-order valence-electron chi connectivity index (χ1n) is 6.94. The van der Waals surface area contributed by atoms with Crippen molar-refractivity contribution in [3.05, 3.63) is 53.3 Å². The van der Waals surface area contributed by atoms with Gasteiger partial charge < -0.3 is 14.8 Å². The molecule has 0 saturated heterocycles. The van der Waals surface area contributed by atoms with Crippen LogP contribution in [-0.2, 0) is 0 Å². The van der Waals surface area contributed by atoms with Crippen LogP contribution in [0.15, 0.2) is 42.7 Å². The zero-order chi connectivity index (χ0) is 16.5. The van der Waals surface area contributed by atoms with Crippen LogP contribution in [0.1, 0.15) is 10.4 Å². The van der Waals surface area contributed by atoms with Crippen molar-refractivity contribution in [3.8, 4) is 17.2 Å². The Morgan fingerprint density at radius 3 is 2.88 bits per heavy atom. The molecule has 120 valence electrons. The number of fused-ring (bicyclic) bond motifs is 1. The average molecular weight is 344 g/mol. The highest BCUT2D eigenvalue weighted by Crippen LogP contribution is 2.34. The number of carbonyl (C=O) groups excluding carboxylic acids is 1. The predicted octanol–water partition coefficient (Wildman–Crippen LogP) is 2.30. The Bertz CT molecular complexity index is 913. The third-order valence-electron chi connectivity index (χ3n) is 3.44. The summed E-state index contributed by atoms with van der Waals surface area (Å²) >= 11 is 6.15. The van der Waals surface area contributed by atoms with Crippen LogP contribution in [0.5, 0.6) is 11.5 Å². The van der Waals surface area contributed by atoms with Gasteiger partial charge in [-0.25, -0.2) is 4.68 Å². The second-order valence-corrected chi connectivity index (χ2v) is 5.35.